The van der Waals surface area contributed by atoms with Crippen LogP contribution >= 0.6 is 22.6 Å². The van der Waals surface area contributed by atoms with Crippen molar-refractivity contribution in [2.24, 2.45) is 0 Å². The van der Waals surface area contributed by atoms with Crippen molar-refractivity contribution in [3.63, 3.8) is 0 Å². The zero-order valence-electron chi connectivity index (χ0n) is 7.48. The number of hydrogen-bond donors (Lipinski definition) is 0. The van der Waals surface area contributed by atoms with Gasteiger partial charge in [-0.2, -0.15) is 0 Å². The van der Waals surface area contributed by atoms with Crippen molar-refractivity contribution in [1.82, 2.24) is 0 Å². The van der Waals surface area contributed by atoms with Gasteiger partial charge in [0, 0.05) is 4.33 Å². The second kappa shape index (κ2) is 2.89. The molecular weight excluding hydrogens is 254 g/mol. The fourth-order valence-corrected chi connectivity index (χ4v) is 1.39. The fourth-order valence-electron chi connectivity index (χ4n) is 1.03. The van der Waals surface area contributed by atoms with Crippen LogP contribution in [0.15, 0.2) is 0 Å². The zero-order valence-corrected chi connectivity index (χ0v) is 9.64. The molecule has 0 bridgehead atoms. The Hall–Kier alpha value is 0.715. The molecule has 1 heterocycles. The molecule has 1 rings (SSSR count). The predicted octanol–water partition coefficient (Wildman–Crippen LogP) is 2.05. The lowest BCUT2D eigenvalue weighted by atomic mass is 9.90. The maximum absolute atomic E-state index is 5.68. The van der Waals surface area contributed by atoms with Gasteiger partial charge in [-0.1, -0.05) is 22.6 Å². The molecule has 4 heteroatoms. The highest BCUT2D eigenvalue weighted by molar-refractivity contribution is 14.1. The molecule has 0 spiro atoms. The van der Waals surface area contributed by atoms with Crippen molar-refractivity contribution in [1.29, 1.82) is 0 Å². The summed E-state index contributed by atoms with van der Waals surface area (Å²) < 4.78 is 12.3. The Morgan fingerprint density at radius 3 is 1.64 bits per heavy atom. The second-order valence-electron chi connectivity index (χ2n) is 3.84. The van der Waals surface area contributed by atoms with Crippen LogP contribution in [0.25, 0.3) is 0 Å². The van der Waals surface area contributed by atoms with E-state index in [1.807, 2.05) is 0 Å². The van der Waals surface area contributed by atoms with Crippen LogP contribution in [0.5, 0.6) is 0 Å². The molecule has 0 radical (unpaired) electrons. The topological polar surface area (TPSA) is 18.5 Å². The van der Waals surface area contributed by atoms with Crippen LogP contribution in [-0.2, 0) is 9.31 Å². The average molecular weight is 268 g/mol. The van der Waals surface area contributed by atoms with Gasteiger partial charge in [-0.05, 0) is 27.7 Å². The van der Waals surface area contributed by atoms with E-state index in [-0.39, 0.29) is 18.3 Å². The highest BCUT2D eigenvalue weighted by atomic mass is 127. The van der Waals surface area contributed by atoms with Gasteiger partial charge in [-0.15, -0.1) is 0 Å². The van der Waals surface area contributed by atoms with Crippen LogP contribution in [0.4, 0.5) is 0 Å². The maximum Gasteiger partial charge on any atom is 0.468 e. The van der Waals surface area contributed by atoms with Gasteiger partial charge in [-0.3, -0.25) is 0 Å². The highest BCUT2D eigenvalue weighted by Gasteiger charge is 2.50. The maximum atomic E-state index is 5.68. The third kappa shape index (κ3) is 1.73. The summed E-state index contributed by atoms with van der Waals surface area (Å²) in [6, 6.07) is 0. The molecule has 0 atom stereocenters. The highest BCUT2D eigenvalue weighted by Crippen LogP contribution is 2.36. The Morgan fingerprint density at radius 1 is 1.09 bits per heavy atom. The first-order chi connectivity index (χ1) is 4.89. The molecule has 1 aliphatic rings. The van der Waals surface area contributed by atoms with Gasteiger partial charge >= 0.3 is 7.12 Å². The van der Waals surface area contributed by atoms with E-state index in [4.69, 9.17) is 9.31 Å². The monoisotopic (exact) mass is 268 g/mol. The van der Waals surface area contributed by atoms with Gasteiger partial charge in [0.15, 0.2) is 0 Å². The Labute approximate surface area is 82.3 Å². The first kappa shape index (κ1) is 9.80. The Balaban J connectivity index is 2.72. The van der Waals surface area contributed by atoms with Crippen LogP contribution in [0.2, 0.25) is 0 Å². The number of rotatable bonds is 1. The molecule has 1 fully saturated rings. The van der Waals surface area contributed by atoms with Gasteiger partial charge in [0.25, 0.3) is 0 Å². The summed E-state index contributed by atoms with van der Waals surface area (Å²) in [5.74, 6) is 0. The van der Waals surface area contributed by atoms with Crippen molar-refractivity contribution in [3.05, 3.63) is 0 Å². The first-order valence-electron chi connectivity index (χ1n) is 3.81. The molecule has 2 nitrogen and oxygen atoms in total. The van der Waals surface area contributed by atoms with Gasteiger partial charge < -0.3 is 9.31 Å². The van der Waals surface area contributed by atoms with E-state index in [0.29, 0.717) is 0 Å². The van der Waals surface area contributed by atoms with Gasteiger partial charge in [0.1, 0.15) is 0 Å². The number of halogens is 1. The minimum absolute atomic E-state index is 0.0272. The SMILES string of the molecule is CC1(C)OB(CI)OC1(C)C. The lowest BCUT2D eigenvalue weighted by molar-refractivity contribution is 0.00578. The Bertz CT molecular complexity index is 143. The smallest absolute Gasteiger partial charge is 0.403 e. The molecule has 0 saturated carbocycles. The molecular formula is C7H14BIO2. The predicted molar refractivity (Wildman–Crippen MR) is 55.0 cm³/mol. The molecule has 0 aromatic rings. The Morgan fingerprint density at radius 2 is 1.45 bits per heavy atom. The minimum atomic E-state index is -0.164. The summed E-state index contributed by atoms with van der Waals surface area (Å²) in [5.41, 5.74) is -0.328. The molecule has 11 heavy (non-hydrogen) atoms. The molecule has 1 aliphatic heterocycles. The van der Waals surface area contributed by atoms with E-state index in [0.717, 1.165) is 4.33 Å². The molecule has 0 amide bonds. The van der Waals surface area contributed by atoms with Gasteiger partial charge in [0.2, 0.25) is 0 Å². The van der Waals surface area contributed by atoms with Crippen molar-refractivity contribution in [2.45, 2.75) is 38.9 Å². The Kier molecular flexibility index (Phi) is 2.57. The molecule has 0 aromatic carbocycles. The molecule has 1 saturated heterocycles. The van der Waals surface area contributed by atoms with E-state index in [1.165, 1.54) is 0 Å². The molecule has 0 N–H and O–H groups in total. The quantitative estimate of drug-likeness (QED) is 0.411. The van der Waals surface area contributed by atoms with Crippen molar-refractivity contribution in [2.75, 3.05) is 4.33 Å². The molecule has 0 aromatic heterocycles. The van der Waals surface area contributed by atoms with Crippen LogP contribution in [0.1, 0.15) is 27.7 Å². The average Bonchev–Trinajstić information content (AvgIpc) is 2.03. The summed E-state index contributed by atoms with van der Waals surface area (Å²) in [5, 5.41) is 0. The summed E-state index contributed by atoms with van der Waals surface area (Å²) in [4.78, 5) is 0. The summed E-state index contributed by atoms with van der Waals surface area (Å²) in [7, 11) is -0.0272. The van der Waals surface area contributed by atoms with E-state index in [9.17, 15) is 0 Å². The standard InChI is InChI=1S/C7H14BIO2/c1-6(2)7(3,4)11-8(5-9)10-6/h5H2,1-4H3. The summed E-state index contributed by atoms with van der Waals surface area (Å²) in [6.45, 7) is 8.28. The zero-order chi connectivity index (χ0) is 8.70. The van der Waals surface area contributed by atoms with Gasteiger partial charge in [-0.25, -0.2) is 0 Å². The van der Waals surface area contributed by atoms with Crippen molar-refractivity contribution < 1.29 is 9.31 Å². The molecule has 0 aliphatic carbocycles. The lowest BCUT2D eigenvalue weighted by Crippen LogP contribution is -2.41. The van der Waals surface area contributed by atoms with E-state index in [1.54, 1.807) is 0 Å². The van der Waals surface area contributed by atoms with Crippen LogP contribution in [0.3, 0.4) is 0 Å². The largest absolute Gasteiger partial charge is 0.468 e. The first-order valence-corrected chi connectivity index (χ1v) is 5.33. The third-order valence-electron chi connectivity index (χ3n) is 2.43. The summed E-state index contributed by atoms with van der Waals surface area (Å²) in [6.07, 6.45) is 0. The second-order valence-corrected chi connectivity index (χ2v) is 4.72. The molecule has 0 unspecified atom stereocenters. The third-order valence-corrected chi connectivity index (χ3v) is 3.15. The van der Waals surface area contributed by atoms with Crippen LogP contribution in [0, 0.1) is 0 Å². The minimum Gasteiger partial charge on any atom is -0.403 e. The normalized spacial score (nSPS) is 27.5. The van der Waals surface area contributed by atoms with Crippen LogP contribution in [-0.4, -0.2) is 22.6 Å². The number of alkyl halides is 1. The number of hydrogen-bond acceptors (Lipinski definition) is 2. The van der Waals surface area contributed by atoms with E-state index in [2.05, 4.69) is 50.3 Å². The van der Waals surface area contributed by atoms with E-state index >= 15 is 0 Å². The van der Waals surface area contributed by atoms with Crippen LogP contribution < -0.4 is 0 Å². The summed E-state index contributed by atoms with van der Waals surface area (Å²) >= 11 is 2.27. The van der Waals surface area contributed by atoms with Crippen molar-refractivity contribution >= 4 is 29.7 Å². The van der Waals surface area contributed by atoms with E-state index < -0.39 is 0 Å². The van der Waals surface area contributed by atoms with Gasteiger partial charge in [0.05, 0.1) is 11.2 Å². The van der Waals surface area contributed by atoms with Crippen molar-refractivity contribution in [3.8, 4) is 0 Å². The lowest BCUT2D eigenvalue weighted by Gasteiger charge is -2.32. The fraction of sp³-hybridized carbons (Fsp3) is 1.00. The molecule has 64 valence electrons.